The van der Waals surface area contributed by atoms with Gasteiger partial charge < -0.3 is 10.4 Å². The van der Waals surface area contributed by atoms with Crippen LogP contribution in [0.4, 0.5) is 5.82 Å². The first kappa shape index (κ1) is 11.5. The van der Waals surface area contributed by atoms with Crippen molar-refractivity contribution in [2.75, 3.05) is 5.32 Å². The molecule has 1 amide bonds. The van der Waals surface area contributed by atoms with E-state index in [1.54, 1.807) is 30.5 Å². The molecule has 2 aromatic rings. The fourth-order valence-electron chi connectivity index (χ4n) is 2.19. The molecule has 0 unspecified atom stereocenters. The number of allylic oxidation sites excluding steroid dienone is 1. The number of carbonyl (C=O) groups is 1. The van der Waals surface area contributed by atoms with Gasteiger partial charge in [-0.3, -0.25) is 4.79 Å². The molecular formula is C15H11N2O2-. The van der Waals surface area contributed by atoms with Crippen LogP contribution in [0.5, 0.6) is 0 Å². The molecule has 0 bridgehead atoms. The minimum atomic E-state index is -0.395. The number of fused-ring (bicyclic) bond motifs is 1. The first-order valence-corrected chi connectivity index (χ1v) is 5.96. The summed E-state index contributed by atoms with van der Waals surface area (Å²) in [7, 11) is 0. The lowest BCUT2D eigenvalue weighted by atomic mass is 10.1. The van der Waals surface area contributed by atoms with E-state index in [-0.39, 0.29) is 11.3 Å². The maximum atomic E-state index is 12.2. The van der Waals surface area contributed by atoms with Gasteiger partial charge in [-0.25, -0.2) is 4.98 Å². The summed E-state index contributed by atoms with van der Waals surface area (Å²) in [4.78, 5) is 16.2. The Balaban J connectivity index is 1.90. The highest BCUT2D eigenvalue weighted by molar-refractivity contribution is 6.26. The molecule has 1 aliphatic carbocycles. The monoisotopic (exact) mass is 251 g/mol. The smallest absolute Gasteiger partial charge is 0.256 e. The normalized spacial score (nSPS) is 13.3. The molecular weight excluding hydrogens is 240 g/mol. The number of nitrogens with zero attached hydrogens (tertiary/aromatic N) is 1. The van der Waals surface area contributed by atoms with Crippen molar-refractivity contribution >= 4 is 17.3 Å². The van der Waals surface area contributed by atoms with Gasteiger partial charge in [-0.2, -0.15) is 0 Å². The predicted molar refractivity (Wildman–Crippen MR) is 69.9 cm³/mol. The zero-order valence-corrected chi connectivity index (χ0v) is 10.1. The first-order valence-electron chi connectivity index (χ1n) is 5.96. The Morgan fingerprint density at radius 2 is 1.95 bits per heavy atom. The maximum Gasteiger partial charge on any atom is 0.256 e. The zero-order valence-electron chi connectivity index (χ0n) is 10.1. The molecule has 94 valence electrons. The van der Waals surface area contributed by atoms with Crippen molar-refractivity contribution < 1.29 is 9.90 Å². The van der Waals surface area contributed by atoms with Gasteiger partial charge in [0.1, 0.15) is 5.82 Å². The molecule has 1 N–H and O–H groups in total. The van der Waals surface area contributed by atoms with E-state index in [9.17, 15) is 9.90 Å². The van der Waals surface area contributed by atoms with Crippen LogP contribution in [-0.4, -0.2) is 10.9 Å². The van der Waals surface area contributed by atoms with E-state index in [4.69, 9.17) is 0 Å². The number of pyridine rings is 1. The second kappa shape index (κ2) is 4.57. The quantitative estimate of drug-likeness (QED) is 0.876. The van der Waals surface area contributed by atoms with Crippen molar-refractivity contribution in [2.24, 2.45) is 0 Å². The van der Waals surface area contributed by atoms with Crippen LogP contribution >= 0.6 is 0 Å². The Bertz CT molecular complexity index is 663. The summed E-state index contributed by atoms with van der Waals surface area (Å²) in [5, 5.41) is 14.6. The number of hydrogen-bond acceptors (Lipinski definition) is 3. The summed E-state index contributed by atoms with van der Waals surface area (Å²) in [6.45, 7) is 0. The third kappa shape index (κ3) is 2.08. The van der Waals surface area contributed by atoms with E-state index < -0.39 is 5.91 Å². The van der Waals surface area contributed by atoms with E-state index in [0.717, 1.165) is 11.1 Å². The average Bonchev–Trinajstić information content (AvgIpc) is 2.75. The largest absolute Gasteiger partial charge is 0.875 e. The molecule has 0 spiro atoms. The molecule has 4 nitrogen and oxygen atoms in total. The summed E-state index contributed by atoms with van der Waals surface area (Å²) < 4.78 is 0. The predicted octanol–water partition coefficient (Wildman–Crippen LogP) is 1.35. The molecule has 0 atom stereocenters. The number of carbonyl (C=O) groups excluding carboxylic acids is 1. The SMILES string of the molecule is O=C(Nc1ccccn1)C1=C([O-])Cc2ccccc21. The molecule has 1 aliphatic rings. The lowest BCUT2D eigenvalue weighted by Gasteiger charge is -2.11. The Morgan fingerprint density at radius 1 is 1.16 bits per heavy atom. The standard InChI is InChI=1S/C15H12N2O2/c18-12-9-10-5-1-2-6-11(10)14(12)15(19)17-13-7-3-4-8-16-13/h1-8,18H,9H2,(H,16,17,19)/p-1. The first-order chi connectivity index (χ1) is 9.25. The second-order valence-corrected chi connectivity index (χ2v) is 4.30. The topological polar surface area (TPSA) is 65.0 Å². The Labute approximate surface area is 110 Å². The van der Waals surface area contributed by atoms with Crippen molar-refractivity contribution in [1.82, 2.24) is 4.98 Å². The van der Waals surface area contributed by atoms with Crippen molar-refractivity contribution in [3.8, 4) is 0 Å². The number of amides is 1. The summed E-state index contributed by atoms with van der Waals surface area (Å²) in [6, 6.07) is 12.6. The Morgan fingerprint density at radius 3 is 2.74 bits per heavy atom. The van der Waals surface area contributed by atoms with E-state index >= 15 is 0 Å². The lowest BCUT2D eigenvalue weighted by Crippen LogP contribution is -2.17. The van der Waals surface area contributed by atoms with Gasteiger partial charge in [0.15, 0.2) is 0 Å². The lowest BCUT2D eigenvalue weighted by molar-refractivity contribution is -0.303. The molecule has 1 aromatic heterocycles. The Kier molecular flexibility index (Phi) is 2.76. The maximum absolute atomic E-state index is 12.2. The number of anilines is 1. The Hall–Kier alpha value is -2.62. The summed E-state index contributed by atoms with van der Waals surface area (Å²) in [6.07, 6.45) is 1.88. The van der Waals surface area contributed by atoms with Crippen molar-refractivity contribution in [2.45, 2.75) is 6.42 Å². The third-order valence-electron chi connectivity index (χ3n) is 3.05. The molecule has 0 aliphatic heterocycles. The highest BCUT2D eigenvalue weighted by Gasteiger charge is 2.21. The molecule has 0 radical (unpaired) electrons. The van der Waals surface area contributed by atoms with Gasteiger partial charge >= 0.3 is 0 Å². The number of hydrogen-bond donors (Lipinski definition) is 1. The number of nitrogens with one attached hydrogen (secondary N) is 1. The molecule has 4 heteroatoms. The van der Waals surface area contributed by atoms with Crippen molar-refractivity contribution in [3.05, 3.63) is 65.5 Å². The van der Waals surface area contributed by atoms with Gasteiger partial charge in [0.25, 0.3) is 5.91 Å². The van der Waals surface area contributed by atoms with Crippen LogP contribution in [-0.2, 0) is 11.2 Å². The molecule has 0 saturated heterocycles. The van der Waals surface area contributed by atoms with Crippen LogP contribution in [0.1, 0.15) is 11.1 Å². The molecule has 0 saturated carbocycles. The van der Waals surface area contributed by atoms with Crippen LogP contribution in [0.3, 0.4) is 0 Å². The van der Waals surface area contributed by atoms with Crippen LogP contribution in [0.15, 0.2) is 54.4 Å². The molecule has 1 aromatic carbocycles. The summed E-state index contributed by atoms with van der Waals surface area (Å²) in [5.41, 5.74) is 1.85. The minimum Gasteiger partial charge on any atom is -0.875 e. The zero-order chi connectivity index (χ0) is 13.2. The van der Waals surface area contributed by atoms with E-state index in [0.29, 0.717) is 12.2 Å². The fraction of sp³-hybridized carbons (Fsp3) is 0.0667. The third-order valence-corrected chi connectivity index (χ3v) is 3.05. The van der Waals surface area contributed by atoms with Crippen LogP contribution in [0.25, 0.3) is 5.57 Å². The summed E-state index contributed by atoms with van der Waals surface area (Å²) >= 11 is 0. The molecule has 1 heterocycles. The van der Waals surface area contributed by atoms with Gasteiger partial charge in [0.2, 0.25) is 0 Å². The highest BCUT2D eigenvalue weighted by atomic mass is 16.3. The van der Waals surface area contributed by atoms with Gasteiger partial charge in [0, 0.05) is 11.8 Å². The van der Waals surface area contributed by atoms with Crippen LogP contribution in [0.2, 0.25) is 0 Å². The summed E-state index contributed by atoms with van der Waals surface area (Å²) in [5.74, 6) is -0.0968. The van der Waals surface area contributed by atoms with Crippen LogP contribution < -0.4 is 10.4 Å². The average molecular weight is 251 g/mol. The van der Waals surface area contributed by atoms with Gasteiger partial charge in [-0.1, -0.05) is 30.3 Å². The van der Waals surface area contributed by atoms with E-state index in [1.165, 1.54) is 0 Å². The van der Waals surface area contributed by atoms with Crippen molar-refractivity contribution in [1.29, 1.82) is 0 Å². The molecule has 0 fully saturated rings. The number of rotatable bonds is 2. The van der Waals surface area contributed by atoms with Crippen molar-refractivity contribution in [3.63, 3.8) is 0 Å². The van der Waals surface area contributed by atoms with Crippen LogP contribution in [0, 0.1) is 0 Å². The van der Waals surface area contributed by atoms with Gasteiger partial charge in [-0.05, 0) is 29.7 Å². The van der Waals surface area contributed by atoms with E-state index in [1.807, 2.05) is 18.2 Å². The van der Waals surface area contributed by atoms with E-state index in [2.05, 4.69) is 10.3 Å². The van der Waals surface area contributed by atoms with Gasteiger partial charge in [0.05, 0.1) is 0 Å². The minimum absolute atomic E-state index is 0.144. The number of benzene rings is 1. The molecule has 19 heavy (non-hydrogen) atoms. The molecule has 3 rings (SSSR count). The fourth-order valence-corrected chi connectivity index (χ4v) is 2.19. The van der Waals surface area contributed by atoms with Gasteiger partial charge in [-0.15, -0.1) is 5.76 Å². The number of aromatic nitrogens is 1. The highest BCUT2D eigenvalue weighted by Crippen LogP contribution is 2.30. The second-order valence-electron chi connectivity index (χ2n) is 4.30.